The fourth-order valence-corrected chi connectivity index (χ4v) is 1.18. The third-order valence-corrected chi connectivity index (χ3v) is 1.86. The molecular formula is C9H6F3N3O. The summed E-state index contributed by atoms with van der Waals surface area (Å²) in [5.41, 5.74) is 0.458. The first kappa shape index (κ1) is 10.5. The molecule has 2 aromatic heterocycles. The van der Waals surface area contributed by atoms with Gasteiger partial charge in [-0.25, -0.2) is 4.98 Å². The number of hydrogen-bond acceptors (Lipinski definition) is 2. The van der Waals surface area contributed by atoms with Crippen LogP contribution in [0.3, 0.4) is 0 Å². The van der Waals surface area contributed by atoms with Gasteiger partial charge >= 0.3 is 12.1 Å². The lowest BCUT2D eigenvalue weighted by atomic mass is 10.5. The number of rotatable bonds is 1. The highest BCUT2D eigenvalue weighted by atomic mass is 19.4. The van der Waals surface area contributed by atoms with Crippen LogP contribution in [-0.2, 0) is 4.79 Å². The number of alkyl halides is 3. The van der Waals surface area contributed by atoms with Crippen molar-refractivity contribution in [2.45, 2.75) is 6.18 Å². The van der Waals surface area contributed by atoms with Crippen LogP contribution in [0.1, 0.15) is 0 Å². The van der Waals surface area contributed by atoms with Gasteiger partial charge in [-0.05, 0) is 12.1 Å². The van der Waals surface area contributed by atoms with Crippen molar-refractivity contribution in [2.24, 2.45) is 0 Å². The first-order chi connectivity index (χ1) is 7.47. The second kappa shape index (κ2) is 3.51. The number of amides is 1. The summed E-state index contributed by atoms with van der Waals surface area (Å²) < 4.78 is 37.3. The minimum atomic E-state index is -4.91. The molecule has 0 aliphatic rings. The number of nitrogens with zero attached hydrogens (tertiary/aromatic N) is 2. The van der Waals surface area contributed by atoms with Crippen molar-refractivity contribution in [1.29, 1.82) is 0 Å². The lowest BCUT2D eigenvalue weighted by molar-refractivity contribution is -0.167. The summed E-state index contributed by atoms with van der Waals surface area (Å²) in [6, 6.07) is 5.00. The molecule has 0 saturated heterocycles. The van der Waals surface area contributed by atoms with Crippen molar-refractivity contribution in [1.82, 2.24) is 9.38 Å². The molecule has 0 atom stereocenters. The van der Waals surface area contributed by atoms with Crippen molar-refractivity contribution in [3.05, 3.63) is 30.6 Å². The Morgan fingerprint density at radius 3 is 2.75 bits per heavy atom. The lowest BCUT2D eigenvalue weighted by Crippen LogP contribution is -2.30. The molecule has 0 spiro atoms. The van der Waals surface area contributed by atoms with E-state index in [1.165, 1.54) is 10.6 Å². The molecule has 0 aliphatic heterocycles. The van der Waals surface area contributed by atoms with E-state index in [4.69, 9.17) is 0 Å². The van der Waals surface area contributed by atoms with Crippen molar-refractivity contribution >= 4 is 17.4 Å². The number of pyridine rings is 1. The monoisotopic (exact) mass is 229 g/mol. The molecule has 0 radical (unpaired) electrons. The van der Waals surface area contributed by atoms with E-state index in [9.17, 15) is 18.0 Å². The third-order valence-electron chi connectivity index (χ3n) is 1.86. The number of aromatic nitrogens is 2. The molecule has 1 N–H and O–H groups in total. The highest BCUT2D eigenvalue weighted by Crippen LogP contribution is 2.18. The molecule has 2 rings (SSSR count). The van der Waals surface area contributed by atoms with E-state index in [1.807, 2.05) is 0 Å². The summed E-state index contributed by atoms with van der Waals surface area (Å²) >= 11 is 0. The van der Waals surface area contributed by atoms with E-state index in [1.54, 1.807) is 29.7 Å². The molecule has 0 fully saturated rings. The van der Waals surface area contributed by atoms with Gasteiger partial charge in [-0.3, -0.25) is 4.79 Å². The Labute approximate surface area is 87.7 Å². The molecule has 2 heterocycles. The van der Waals surface area contributed by atoms with Crippen molar-refractivity contribution < 1.29 is 18.0 Å². The Morgan fingerprint density at radius 1 is 1.38 bits per heavy atom. The van der Waals surface area contributed by atoms with E-state index < -0.39 is 12.1 Å². The van der Waals surface area contributed by atoms with Crippen LogP contribution in [0.4, 0.5) is 19.0 Å². The molecule has 0 unspecified atom stereocenters. The fraction of sp³-hybridized carbons (Fsp3) is 0.111. The molecule has 84 valence electrons. The summed E-state index contributed by atoms with van der Waals surface area (Å²) in [7, 11) is 0. The molecule has 1 amide bonds. The third kappa shape index (κ3) is 1.97. The zero-order chi connectivity index (χ0) is 11.8. The van der Waals surface area contributed by atoms with Crippen LogP contribution in [0.5, 0.6) is 0 Å². The molecule has 0 aromatic carbocycles. The smallest absolute Gasteiger partial charge is 0.305 e. The standard InChI is InChI=1S/C9H6F3N3O/c10-9(11,12)8(16)14-6-5-15-4-2-1-3-7(15)13-6/h1-5H,(H,14,16). The van der Waals surface area contributed by atoms with Crippen LogP contribution in [-0.4, -0.2) is 21.5 Å². The van der Waals surface area contributed by atoms with Crippen LogP contribution in [0, 0.1) is 0 Å². The van der Waals surface area contributed by atoms with Gasteiger partial charge in [0, 0.05) is 6.20 Å². The Bertz CT molecular complexity index is 499. The van der Waals surface area contributed by atoms with Gasteiger partial charge in [0.15, 0.2) is 5.82 Å². The first-order valence-corrected chi connectivity index (χ1v) is 4.29. The Balaban J connectivity index is 2.25. The molecule has 0 saturated carbocycles. The van der Waals surface area contributed by atoms with Gasteiger partial charge in [-0.15, -0.1) is 0 Å². The number of carbonyl (C=O) groups excluding carboxylic acids is 1. The van der Waals surface area contributed by atoms with Gasteiger partial charge in [0.2, 0.25) is 0 Å². The predicted octanol–water partition coefficient (Wildman–Crippen LogP) is 1.84. The first-order valence-electron chi connectivity index (χ1n) is 4.29. The van der Waals surface area contributed by atoms with E-state index >= 15 is 0 Å². The zero-order valence-electron chi connectivity index (χ0n) is 7.82. The highest BCUT2D eigenvalue weighted by molar-refractivity contribution is 5.94. The van der Waals surface area contributed by atoms with Gasteiger partial charge < -0.3 is 9.72 Å². The van der Waals surface area contributed by atoms with Crippen LogP contribution in [0.25, 0.3) is 5.65 Å². The fourth-order valence-electron chi connectivity index (χ4n) is 1.18. The van der Waals surface area contributed by atoms with Crippen molar-refractivity contribution in [3.63, 3.8) is 0 Å². The minimum absolute atomic E-state index is 0.131. The molecule has 16 heavy (non-hydrogen) atoms. The maximum absolute atomic E-state index is 11.9. The Kier molecular flexibility index (Phi) is 2.30. The average molecular weight is 229 g/mol. The molecular weight excluding hydrogens is 223 g/mol. The van der Waals surface area contributed by atoms with E-state index in [0.29, 0.717) is 5.65 Å². The predicted molar refractivity (Wildman–Crippen MR) is 49.9 cm³/mol. The number of imidazole rings is 1. The second-order valence-corrected chi connectivity index (χ2v) is 3.04. The summed E-state index contributed by atoms with van der Waals surface area (Å²) in [6.07, 6.45) is -1.99. The van der Waals surface area contributed by atoms with E-state index in [-0.39, 0.29) is 5.82 Å². The van der Waals surface area contributed by atoms with Gasteiger partial charge in [-0.2, -0.15) is 13.2 Å². The molecule has 0 aliphatic carbocycles. The zero-order valence-corrected chi connectivity index (χ0v) is 7.82. The maximum Gasteiger partial charge on any atom is 0.471 e. The number of nitrogens with one attached hydrogen (secondary N) is 1. The molecule has 0 bridgehead atoms. The maximum atomic E-state index is 11.9. The van der Waals surface area contributed by atoms with Crippen molar-refractivity contribution in [3.8, 4) is 0 Å². The second-order valence-electron chi connectivity index (χ2n) is 3.04. The van der Waals surface area contributed by atoms with E-state index in [2.05, 4.69) is 4.98 Å². The van der Waals surface area contributed by atoms with E-state index in [0.717, 1.165) is 0 Å². The lowest BCUT2D eigenvalue weighted by Gasteiger charge is -2.04. The summed E-state index contributed by atoms with van der Waals surface area (Å²) in [4.78, 5) is 14.4. The average Bonchev–Trinajstić information content (AvgIpc) is 2.58. The summed E-state index contributed by atoms with van der Waals surface area (Å²) in [5, 5.41) is 1.68. The SMILES string of the molecule is O=C(Nc1cn2ccccc2n1)C(F)(F)F. The normalized spacial score (nSPS) is 11.7. The number of carbonyl (C=O) groups is 1. The topological polar surface area (TPSA) is 46.4 Å². The Hall–Kier alpha value is -2.05. The van der Waals surface area contributed by atoms with Crippen LogP contribution < -0.4 is 5.32 Å². The summed E-state index contributed by atoms with van der Waals surface area (Å²) in [6.45, 7) is 0. The quantitative estimate of drug-likeness (QED) is 0.810. The van der Waals surface area contributed by atoms with Crippen LogP contribution in [0.2, 0.25) is 0 Å². The molecule has 4 nitrogen and oxygen atoms in total. The summed E-state index contributed by atoms with van der Waals surface area (Å²) in [5.74, 6) is -2.16. The highest BCUT2D eigenvalue weighted by Gasteiger charge is 2.39. The Morgan fingerprint density at radius 2 is 2.12 bits per heavy atom. The van der Waals surface area contributed by atoms with Gasteiger partial charge in [0.1, 0.15) is 5.65 Å². The molecule has 7 heteroatoms. The van der Waals surface area contributed by atoms with Gasteiger partial charge in [-0.1, -0.05) is 6.07 Å². The number of fused-ring (bicyclic) bond motifs is 1. The van der Waals surface area contributed by atoms with Crippen LogP contribution in [0.15, 0.2) is 30.6 Å². The number of anilines is 1. The molecule has 2 aromatic rings. The minimum Gasteiger partial charge on any atom is -0.305 e. The largest absolute Gasteiger partial charge is 0.471 e. The number of halogens is 3. The van der Waals surface area contributed by atoms with Gasteiger partial charge in [0.25, 0.3) is 0 Å². The van der Waals surface area contributed by atoms with Crippen LogP contribution >= 0.6 is 0 Å². The number of hydrogen-bond donors (Lipinski definition) is 1. The van der Waals surface area contributed by atoms with Crippen molar-refractivity contribution in [2.75, 3.05) is 5.32 Å². The van der Waals surface area contributed by atoms with Gasteiger partial charge in [0.05, 0.1) is 6.20 Å².